The van der Waals surface area contributed by atoms with Crippen LogP contribution in [0, 0.1) is 0 Å². The van der Waals surface area contributed by atoms with Crippen LogP contribution in [0.3, 0.4) is 0 Å². The van der Waals surface area contributed by atoms with Crippen molar-refractivity contribution < 1.29 is 33.3 Å². The first-order chi connectivity index (χ1) is 12.4. The Bertz CT molecular complexity index is 661. The van der Waals surface area contributed by atoms with Crippen LogP contribution in [0.25, 0.3) is 0 Å². The lowest BCUT2D eigenvalue weighted by molar-refractivity contribution is -0.123. The van der Waals surface area contributed by atoms with Gasteiger partial charge in [-0.2, -0.15) is 0 Å². The number of carbonyl (C=O) groups is 3. The van der Waals surface area contributed by atoms with Gasteiger partial charge in [0.25, 0.3) is 5.91 Å². The third-order valence-corrected chi connectivity index (χ3v) is 3.50. The van der Waals surface area contributed by atoms with Crippen molar-refractivity contribution in [2.45, 2.75) is 26.3 Å². The van der Waals surface area contributed by atoms with E-state index in [-0.39, 0.29) is 17.4 Å². The summed E-state index contributed by atoms with van der Waals surface area (Å²) in [5.41, 5.74) is 0.0574. The normalized spacial score (nSPS) is 11.1. The molecule has 9 nitrogen and oxygen atoms in total. The number of hydrogen-bond acceptors (Lipinski definition) is 7. The number of amides is 3. The van der Waals surface area contributed by atoms with Gasteiger partial charge in [-0.05, 0) is 13.3 Å². The number of urea groups is 1. The van der Waals surface area contributed by atoms with Crippen LogP contribution < -0.4 is 24.8 Å². The van der Waals surface area contributed by atoms with Crippen LogP contribution in [-0.4, -0.2) is 51.9 Å². The van der Waals surface area contributed by atoms with Crippen LogP contribution in [0.2, 0.25) is 0 Å². The van der Waals surface area contributed by atoms with Crippen molar-refractivity contribution in [3.8, 4) is 17.2 Å². The second kappa shape index (κ2) is 10.1. The molecule has 0 spiro atoms. The molecule has 3 amide bonds. The van der Waals surface area contributed by atoms with E-state index in [1.807, 2.05) is 6.92 Å². The van der Waals surface area contributed by atoms with Gasteiger partial charge in [-0.3, -0.25) is 10.1 Å². The minimum Gasteiger partial charge on any atom is -0.496 e. The summed E-state index contributed by atoms with van der Waals surface area (Å²) in [5.74, 6) is -0.681. The molecule has 0 saturated heterocycles. The summed E-state index contributed by atoms with van der Waals surface area (Å²) in [4.78, 5) is 35.5. The Morgan fingerprint density at radius 2 is 1.58 bits per heavy atom. The Morgan fingerprint density at radius 3 is 2.12 bits per heavy atom. The molecule has 9 heteroatoms. The maximum Gasteiger partial charge on any atom is 0.342 e. The molecule has 144 valence electrons. The molecule has 0 aliphatic carbocycles. The largest absolute Gasteiger partial charge is 0.496 e. The lowest BCUT2D eigenvalue weighted by Crippen LogP contribution is -2.44. The fraction of sp³-hybridized carbons (Fsp3) is 0.471. The van der Waals surface area contributed by atoms with Gasteiger partial charge in [0.05, 0.1) is 21.3 Å². The van der Waals surface area contributed by atoms with Gasteiger partial charge in [0.15, 0.2) is 18.1 Å². The standard InChI is InChI=1S/C17H24N2O7/c1-6-10(2)18-17(22)19-15(20)9-26-16(21)11-7-13(24-4)14(25-5)8-12(11)23-3/h7-8,10H,6,9H2,1-5H3,(H2,18,19,20,22)/t10-/m0/s1. The molecular weight excluding hydrogens is 344 g/mol. The summed E-state index contributed by atoms with van der Waals surface area (Å²) >= 11 is 0. The van der Waals surface area contributed by atoms with Gasteiger partial charge < -0.3 is 24.3 Å². The molecule has 0 saturated carbocycles. The predicted octanol–water partition coefficient (Wildman–Crippen LogP) is 1.49. The Morgan fingerprint density at radius 1 is 1.00 bits per heavy atom. The van der Waals surface area contributed by atoms with Gasteiger partial charge in [-0.15, -0.1) is 0 Å². The molecule has 0 fully saturated rings. The molecule has 1 atom stereocenters. The second-order valence-corrected chi connectivity index (χ2v) is 5.31. The fourth-order valence-electron chi connectivity index (χ4n) is 1.92. The molecule has 1 aromatic rings. The van der Waals surface area contributed by atoms with E-state index in [9.17, 15) is 14.4 Å². The average molecular weight is 368 g/mol. The highest BCUT2D eigenvalue weighted by Crippen LogP contribution is 2.34. The van der Waals surface area contributed by atoms with Gasteiger partial charge >= 0.3 is 12.0 Å². The third-order valence-electron chi connectivity index (χ3n) is 3.50. The monoisotopic (exact) mass is 368 g/mol. The van der Waals surface area contributed by atoms with E-state index >= 15 is 0 Å². The highest BCUT2D eigenvalue weighted by Gasteiger charge is 2.20. The average Bonchev–Trinajstić information content (AvgIpc) is 2.64. The number of carbonyl (C=O) groups excluding carboxylic acids is 3. The second-order valence-electron chi connectivity index (χ2n) is 5.31. The first kappa shape index (κ1) is 21.1. The van der Waals surface area contributed by atoms with Crippen molar-refractivity contribution in [3.05, 3.63) is 17.7 Å². The SMILES string of the molecule is CC[C@H](C)NC(=O)NC(=O)COC(=O)c1cc(OC)c(OC)cc1OC. The van der Waals surface area contributed by atoms with Gasteiger partial charge in [0.1, 0.15) is 11.3 Å². The van der Waals surface area contributed by atoms with E-state index < -0.39 is 24.5 Å². The number of benzene rings is 1. The zero-order chi connectivity index (χ0) is 19.7. The zero-order valence-electron chi connectivity index (χ0n) is 15.5. The molecule has 0 heterocycles. The number of esters is 1. The number of ether oxygens (including phenoxy) is 4. The van der Waals surface area contributed by atoms with E-state index in [1.54, 1.807) is 6.92 Å². The first-order valence-electron chi connectivity index (χ1n) is 7.93. The molecule has 26 heavy (non-hydrogen) atoms. The fourth-order valence-corrected chi connectivity index (χ4v) is 1.92. The number of hydrogen-bond donors (Lipinski definition) is 2. The van der Waals surface area contributed by atoms with Crippen molar-refractivity contribution >= 4 is 17.9 Å². The van der Waals surface area contributed by atoms with E-state index in [0.717, 1.165) is 6.42 Å². The number of imide groups is 1. The molecular formula is C17H24N2O7. The smallest absolute Gasteiger partial charge is 0.342 e. The maximum absolute atomic E-state index is 12.2. The van der Waals surface area contributed by atoms with Crippen molar-refractivity contribution in [1.82, 2.24) is 10.6 Å². The van der Waals surface area contributed by atoms with Crippen molar-refractivity contribution in [2.24, 2.45) is 0 Å². The molecule has 0 bridgehead atoms. The summed E-state index contributed by atoms with van der Waals surface area (Å²) in [5, 5.41) is 4.64. The molecule has 0 radical (unpaired) electrons. The van der Waals surface area contributed by atoms with Crippen LogP contribution in [0.15, 0.2) is 12.1 Å². The minimum atomic E-state index is -0.805. The van der Waals surface area contributed by atoms with Crippen molar-refractivity contribution in [2.75, 3.05) is 27.9 Å². The number of nitrogens with one attached hydrogen (secondary N) is 2. The maximum atomic E-state index is 12.2. The van der Waals surface area contributed by atoms with Gasteiger partial charge in [0.2, 0.25) is 0 Å². The van der Waals surface area contributed by atoms with Crippen LogP contribution in [-0.2, 0) is 9.53 Å². The van der Waals surface area contributed by atoms with E-state index in [1.165, 1.54) is 33.5 Å². The summed E-state index contributed by atoms with van der Waals surface area (Å²) in [6.07, 6.45) is 0.718. The molecule has 0 aliphatic heterocycles. The highest BCUT2D eigenvalue weighted by molar-refractivity contribution is 5.98. The minimum absolute atomic E-state index is 0.0574. The van der Waals surface area contributed by atoms with Crippen LogP contribution in [0.1, 0.15) is 30.6 Å². The summed E-state index contributed by atoms with van der Waals surface area (Å²) < 4.78 is 20.3. The van der Waals surface area contributed by atoms with Crippen LogP contribution in [0.5, 0.6) is 17.2 Å². The van der Waals surface area contributed by atoms with Crippen LogP contribution >= 0.6 is 0 Å². The molecule has 2 N–H and O–H groups in total. The van der Waals surface area contributed by atoms with Gasteiger partial charge in [0, 0.05) is 18.2 Å². The highest BCUT2D eigenvalue weighted by atomic mass is 16.5. The number of methoxy groups -OCH3 is 3. The Hall–Kier alpha value is -2.97. The van der Waals surface area contributed by atoms with Crippen molar-refractivity contribution in [1.29, 1.82) is 0 Å². The summed E-state index contributed by atoms with van der Waals surface area (Å²) in [6.45, 7) is 3.07. The Kier molecular flexibility index (Phi) is 8.20. The van der Waals surface area contributed by atoms with Gasteiger partial charge in [-0.1, -0.05) is 6.92 Å². The van der Waals surface area contributed by atoms with Gasteiger partial charge in [-0.25, -0.2) is 9.59 Å². The zero-order valence-corrected chi connectivity index (χ0v) is 15.5. The van der Waals surface area contributed by atoms with Crippen LogP contribution in [0.4, 0.5) is 4.79 Å². The lowest BCUT2D eigenvalue weighted by Gasteiger charge is -2.14. The topological polar surface area (TPSA) is 112 Å². The lowest BCUT2D eigenvalue weighted by atomic mass is 10.1. The van der Waals surface area contributed by atoms with E-state index in [0.29, 0.717) is 11.5 Å². The van der Waals surface area contributed by atoms with E-state index in [4.69, 9.17) is 18.9 Å². The van der Waals surface area contributed by atoms with E-state index in [2.05, 4.69) is 10.6 Å². The Balaban J connectivity index is 2.73. The molecule has 0 aromatic heterocycles. The molecule has 0 aliphatic rings. The third kappa shape index (κ3) is 5.83. The first-order valence-corrected chi connectivity index (χ1v) is 7.93. The molecule has 1 rings (SSSR count). The summed E-state index contributed by atoms with van der Waals surface area (Å²) in [7, 11) is 4.25. The summed E-state index contributed by atoms with van der Waals surface area (Å²) in [6, 6.07) is 2.12. The van der Waals surface area contributed by atoms with Crippen molar-refractivity contribution in [3.63, 3.8) is 0 Å². The quantitative estimate of drug-likeness (QED) is 0.669. The number of rotatable bonds is 8. The molecule has 1 aromatic carbocycles. The molecule has 0 unspecified atom stereocenters. The Labute approximate surface area is 151 Å². The predicted molar refractivity (Wildman–Crippen MR) is 92.8 cm³/mol.